The van der Waals surface area contributed by atoms with Crippen LogP contribution in [0.2, 0.25) is 0 Å². The number of rotatable bonds is 6. The van der Waals surface area contributed by atoms with Gasteiger partial charge in [-0.2, -0.15) is 0 Å². The molecule has 1 aromatic heterocycles. The quantitative estimate of drug-likeness (QED) is 0.710. The fourth-order valence-corrected chi connectivity index (χ4v) is 1.81. The zero-order valence-corrected chi connectivity index (χ0v) is 10.9. The maximum absolute atomic E-state index is 11.8. The first-order valence-corrected chi connectivity index (χ1v) is 6.27. The van der Waals surface area contributed by atoms with Crippen molar-refractivity contribution in [3.05, 3.63) is 24.0 Å². The third-order valence-corrected chi connectivity index (χ3v) is 3.51. The van der Waals surface area contributed by atoms with Crippen LogP contribution in [0.25, 0.3) is 0 Å². The van der Waals surface area contributed by atoms with Gasteiger partial charge in [0.15, 0.2) is 5.78 Å². The van der Waals surface area contributed by atoms with E-state index >= 15 is 0 Å². The molecule has 3 heteroatoms. The second kappa shape index (κ2) is 4.65. The highest BCUT2D eigenvalue weighted by atomic mass is 16.5. The van der Waals surface area contributed by atoms with E-state index in [1.54, 1.807) is 7.11 Å². The van der Waals surface area contributed by atoms with Crippen molar-refractivity contribution >= 4 is 5.78 Å². The SMILES string of the molecule is COC(C)(C)CCn1ccc(C(=O)C2CC2)c1. The summed E-state index contributed by atoms with van der Waals surface area (Å²) in [5, 5.41) is 0. The minimum atomic E-state index is -0.106. The Kier molecular flexibility index (Phi) is 3.38. The monoisotopic (exact) mass is 235 g/mol. The summed E-state index contributed by atoms with van der Waals surface area (Å²) in [6.45, 7) is 5.04. The average Bonchev–Trinajstić information content (AvgIpc) is 3.05. The maximum Gasteiger partial charge on any atom is 0.167 e. The third-order valence-electron chi connectivity index (χ3n) is 3.51. The van der Waals surface area contributed by atoms with Crippen LogP contribution in [0.5, 0.6) is 0 Å². The summed E-state index contributed by atoms with van der Waals surface area (Å²) in [5.74, 6) is 0.621. The fraction of sp³-hybridized carbons (Fsp3) is 0.643. The Morgan fingerprint density at radius 3 is 2.82 bits per heavy atom. The molecule has 0 atom stereocenters. The van der Waals surface area contributed by atoms with Crippen molar-refractivity contribution < 1.29 is 9.53 Å². The number of ether oxygens (including phenoxy) is 1. The smallest absolute Gasteiger partial charge is 0.167 e. The summed E-state index contributed by atoms with van der Waals surface area (Å²) >= 11 is 0. The molecular weight excluding hydrogens is 214 g/mol. The van der Waals surface area contributed by atoms with E-state index in [2.05, 4.69) is 18.4 Å². The number of ketones is 1. The molecule has 0 N–H and O–H groups in total. The van der Waals surface area contributed by atoms with Crippen LogP contribution < -0.4 is 0 Å². The molecule has 3 nitrogen and oxygen atoms in total. The lowest BCUT2D eigenvalue weighted by atomic mass is 10.1. The molecule has 0 aromatic carbocycles. The van der Waals surface area contributed by atoms with Crippen molar-refractivity contribution in [3.63, 3.8) is 0 Å². The molecule has 0 unspecified atom stereocenters. The molecule has 0 radical (unpaired) electrons. The first kappa shape index (κ1) is 12.4. The largest absolute Gasteiger partial charge is 0.379 e. The predicted octanol–water partition coefficient (Wildman–Crippen LogP) is 2.90. The minimum absolute atomic E-state index is 0.106. The van der Waals surface area contributed by atoms with Crippen molar-refractivity contribution in [2.45, 2.75) is 45.3 Å². The van der Waals surface area contributed by atoms with Crippen LogP contribution >= 0.6 is 0 Å². The van der Waals surface area contributed by atoms with Crippen molar-refractivity contribution in [2.24, 2.45) is 5.92 Å². The Labute approximate surface area is 103 Å². The Hall–Kier alpha value is -1.09. The van der Waals surface area contributed by atoms with E-state index in [9.17, 15) is 4.79 Å². The van der Waals surface area contributed by atoms with Gasteiger partial charge >= 0.3 is 0 Å². The molecule has 1 heterocycles. The van der Waals surface area contributed by atoms with Gasteiger partial charge in [0.05, 0.1) is 5.60 Å². The molecule has 0 bridgehead atoms. The lowest BCUT2D eigenvalue weighted by molar-refractivity contribution is 0.0121. The van der Waals surface area contributed by atoms with E-state index in [4.69, 9.17) is 4.74 Å². The normalized spacial score (nSPS) is 16.2. The molecule has 1 fully saturated rings. The predicted molar refractivity (Wildman–Crippen MR) is 67.2 cm³/mol. The number of Topliss-reactive ketones (excluding diaryl/α,β-unsaturated/α-hetero) is 1. The summed E-state index contributed by atoms with van der Waals surface area (Å²) < 4.78 is 7.46. The number of hydrogen-bond donors (Lipinski definition) is 0. The van der Waals surface area contributed by atoms with Crippen LogP contribution in [0, 0.1) is 5.92 Å². The van der Waals surface area contributed by atoms with E-state index in [0.29, 0.717) is 11.7 Å². The molecule has 1 saturated carbocycles. The van der Waals surface area contributed by atoms with Crippen LogP contribution in [-0.4, -0.2) is 23.1 Å². The van der Waals surface area contributed by atoms with Crippen LogP contribution in [0.3, 0.4) is 0 Å². The first-order valence-electron chi connectivity index (χ1n) is 6.27. The Morgan fingerprint density at radius 1 is 1.53 bits per heavy atom. The summed E-state index contributed by atoms with van der Waals surface area (Å²) in [6, 6.07) is 1.93. The van der Waals surface area contributed by atoms with Crippen molar-refractivity contribution in [1.29, 1.82) is 0 Å². The zero-order valence-electron chi connectivity index (χ0n) is 10.9. The molecule has 2 rings (SSSR count). The molecule has 0 aliphatic heterocycles. The lowest BCUT2D eigenvalue weighted by Gasteiger charge is -2.22. The number of carbonyl (C=O) groups is 1. The van der Waals surface area contributed by atoms with Gasteiger partial charge in [-0.25, -0.2) is 0 Å². The topological polar surface area (TPSA) is 31.2 Å². The van der Waals surface area contributed by atoms with Crippen LogP contribution in [-0.2, 0) is 11.3 Å². The highest BCUT2D eigenvalue weighted by Gasteiger charge is 2.30. The molecule has 1 aliphatic rings. The van der Waals surface area contributed by atoms with E-state index in [0.717, 1.165) is 31.4 Å². The van der Waals surface area contributed by atoms with E-state index in [1.165, 1.54) is 0 Å². The van der Waals surface area contributed by atoms with Gasteiger partial charge in [-0.15, -0.1) is 0 Å². The van der Waals surface area contributed by atoms with Crippen molar-refractivity contribution in [3.8, 4) is 0 Å². The minimum Gasteiger partial charge on any atom is -0.379 e. The standard InChI is InChI=1S/C14H21NO2/c1-14(2,17-3)7-9-15-8-6-12(10-15)13(16)11-4-5-11/h6,8,10-11H,4-5,7,9H2,1-3H3. The summed E-state index contributed by atoms with van der Waals surface area (Å²) in [4.78, 5) is 11.8. The van der Waals surface area contributed by atoms with E-state index in [1.807, 2.05) is 18.5 Å². The average molecular weight is 235 g/mol. The van der Waals surface area contributed by atoms with E-state index < -0.39 is 0 Å². The highest BCUT2D eigenvalue weighted by Crippen LogP contribution is 2.32. The molecule has 0 spiro atoms. The van der Waals surface area contributed by atoms with Gasteiger partial charge < -0.3 is 9.30 Å². The molecular formula is C14H21NO2. The summed E-state index contributed by atoms with van der Waals surface area (Å²) in [6.07, 6.45) is 7.03. The van der Waals surface area contributed by atoms with Gasteiger partial charge in [0.25, 0.3) is 0 Å². The van der Waals surface area contributed by atoms with Gasteiger partial charge in [0, 0.05) is 37.5 Å². The van der Waals surface area contributed by atoms with Gasteiger partial charge in [0.2, 0.25) is 0 Å². The van der Waals surface area contributed by atoms with Gasteiger partial charge in [0.1, 0.15) is 0 Å². The molecule has 17 heavy (non-hydrogen) atoms. The van der Waals surface area contributed by atoms with Gasteiger partial charge in [-0.1, -0.05) is 0 Å². The fourth-order valence-electron chi connectivity index (χ4n) is 1.81. The lowest BCUT2D eigenvalue weighted by Crippen LogP contribution is -2.24. The van der Waals surface area contributed by atoms with Crippen LogP contribution in [0.15, 0.2) is 18.5 Å². The van der Waals surface area contributed by atoms with Crippen LogP contribution in [0.1, 0.15) is 43.5 Å². The van der Waals surface area contributed by atoms with Crippen molar-refractivity contribution in [1.82, 2.24) is 4.57 Å². The highest BCUT2D eigenvalue weighted by molar-refractivity contribution is 5.99. The number of methoxy groups -OCH3 is 1. The van der Waals surface area contributed by atoms with E-state index in [-0.39, 0.29) is 5.60 Å². The zero-order chi connectivity index (χ0) is 12.5. The van der Waals surface area contributed by atoms with Crippen molar-refractivity contribution in [2.75, 3.05) is 7.11 Å². The molecule has 0 amide bonds. The molecule has 0 saturated heterocycles. The number of aryl methyl sites for hydroxylation is 1. The number of carbonyl (C=O) groups excluding carboxylic acids is 1. The molecule has 1 aliphatic carbocycles. The molecule has 1 aromatic rings. The first-order chi connectivity index (χ1) is 8.02. The molecule has 94 valence electrons. The second-order valence-corrected chi connectivity index (χ2v) is 5.49. The Bertz CT molecular complexity index is 402. The Morgan fingerprint density at radius 2 is 2.24 bits per heavy atom. The van der Waals surface area contributed by atoms with Gasteiger partial charge in [-0.05, 0) is 39.2 Å². The summed E-state index contributed by atoms with van der Waals surface area (Å²) in [7, 11) is 1.73. The maximum atomic E-state index is 11.8. The van der Waals surface area contributed by atoms with Gasteiger partial charge in [-0.3, -0.25) is 4.79 Å². The third kappa shape index (κ3) is 3.19. The summed E-state index contributed by atoms with van der Waals surface area (Å²) in [5.41, 5.74) is 0.757. The Balaban J connectivity index is 1.92. The number of aromatic nitrogens is 1. The second-order valence-electron chi connectivity index (χ2n) is 5.49. The number of hydrogen-bond acceptors (Lipinski definition) is 2. The van der Waals surface area contributed by atoms with Crippen LogP contribution in [0.4, 0.5) is 0 Å². The number of nitrogens with zero attached hydrogens (tertiary/aromatic N) is 1.